The molecule has 0 aliphatic rings. The van der Waals surface area contributed by atoms with Gasteiger partial charge in [0.05, 0.1) is 4.88 Å². The third-order valence-electron chi connectivity index (χ3n) is 3.42. The number of thiazole rings is 1. The molecule has 1 atom stereocenters. The molecule has 1 aromatic carbocycles. The number of nitrogens with one attached hydrogen (secondary N) is 1. The van der Waals surface area contributed by atoms with Crippen LogP contribution in [0, 0.1) is 6.92 Å². The third kappa shape index (κ3) is 4.32. The molecule has 0 unspecified atom stereocenters. The summed E-state index contributed by atoms with van der Waals surface area (Å²) in [6.45, 7) is 3.50. The summed E-state index contributed by atoms with van der Waals surface area (Å²) in [6, 6.07) is 11.3. The maximum absolute atomic E-state index is 12.2. The Kier molecular flexibility index (Phi) is 5.25. The number of benzene rings is 1. The largest absolute Gasteiger partial charge is 0.448 e. The van der Waals surface area contributed by atoms with E-state index in [4.69, 9.17) is 4.74 Å². The summed E-state index contributed by atoms with van der Waals surface area (Å²) in [4.78, 5) is 29.6. The molecule has 5 nitrogen and oxygen atoms in total. The Morgan fingerprint density at radius 3 is 2.60 bits per heavy atom. The minimum absolute atomic E-state index is 0.211. The van der Waals surface area contributed by atoms with E-state index in [9.17, 15) is 9.59 Å². The van der Waals surface area contributed by atoms with Gasteiger partial charge in [-0.15, -0.1) is 22.7 Å². The van der Waals surface area contributed by atoms with Crippen LogP contribution in [0.2, 0.25) is 0 Å². The second-order valence-corrected chi connectivity index (χ2v) is 7.22. The van der Waals surface area contributed by atoms with Gasteiger partial charge in [0.15, 0.2) is 11.8 Å². The van der Waals surface area contributed by atoms with Gasteiger partial charge in [-0.05, 0) is 37.4 Å². The molecule has 0 aliphatic carbocycles. The Labute approximate surface area is 153 Å². The van der Waals surface area contributed by atoms with E-state index >= 15 is 0 Å². The second-order valence-electron chi connectivity index (χ2n) is 5.42. The molecule has 0 bridgehead atoms. The van der Waals surface area contributed by atoms with Gasteiger partial charge in [0.25, 0.3) is 5.91 Å². The smallest absolute Gasteiger partial charge is 0.358 e. The van der Waals surface area contributed by atoms with Crippen molar-refractivity contribution in [3.8, 4) is 9.88 Å². The standard InChI is InChI=1S/C18H16N2O3S2/c1-11-5-7-13(8-6-11)19-16(21)12(2)23-18(22)14-10-25-17(20-14)15-4-3-9-24-15/h3-10,12H,1-2H3,(H,19,21)/t12-/m1/s1. The van der Waals surface area contributed by atoms with Crippen molar-refractivity contribution < 1.29 is 14.3 Å². The summed E-state index contributed by atoms with van der Waals surface area (Å²) >= 11 is 2.93. The molecule has 2 heterocycles. The number of rotatable bonds is 5. The number of hydrogen-bond acceptors (Lipinski definition) is 6. The van der Waals surface area contributed by atoms with Crippen LogP contribution in [0.4, 0.5) is 5.69 Å². The summed E-state index contributed by atoms with van der Waals surface area (Å²) < 4.78 is 5.22. The van der Waals surface area contributed by atoms with Gasteiger partial charge in [0.1, 0.15) is 5.01 Å². The highest BCUT2D eigenvalue weighted by Crippen LogP contribution is 2.28. The maximum Gasteiger partial charge on any atom is 0.358 e. The van der Waals surface area contributed by atoms with Crippen molar-refractivity contribution in [1.29, 1.82) is 0 Å². The molecular weight excluding hydrogens is 356 g/mol. The lowest BCUT2D eigenvalue weighted by atomic mass is 10.2. The maximum atomic E-state index is 12.2. The summed E-state index contributed by atoms with van der Waals surface area (Å²) in [7, 11) is 0. The number of carbonyl (C=O) groups is 2. The molecule has 1 N–H and O–H groups in total. The fourth-order valence-electron chi connectivity index (χ4n) is 2.04. The van der Waals surface area contributed by atoms with Gasteiger partial charge in [0.2, 0.25) is 0 Å². The summed E-state index contributed by atoms with van der Waals surface area (Å²) in [5, 5.41) is 7.08. The van der Waals surface area contributed by atoms with Crippen molar-refractivity contribution in [3.05, 3.63) is 58.4 Å². The molecule has 3 aromatic rings. The number of nitrogens with zero attached hydrogens (tertiary/aromatic N) is 1. The number of ether oxygens (including phenoxy) is 1. The predicted octanol–water partition coefficient (Wildman–Crippen LogP) is 4.36. The molecule has 25 heavy (non-hydrogen) atoms. The lowest BCUT2D eigenvalue weighted by Gasteiger charge is -2.12. The lowest BCUT2D eigenvalue weighted by molar-refractivity contribution is -0.123. The zero-order valence-electron chi connectivity index (χ0n) is 13.7. The van der Waals surface area contributed by atoms with Crippen LogP contribution in [0.25, 0.3) is 9.88 Å². The summed E-state index contributed by atoms with van der Waals surface area (Å²) in [6.07, 6.45) is -0.916. The van der Waals surface area contributed by atoms with E-state index in [0.717, 1.165) is 15.4 Å². The molecule has 0 radical (unpaired) electrons. The molecule has 0 saturated carbocycles. The Balaban J connectivity index is 1.60. The molecule has 0 saturated heterocycles. The zero-order valence-corrected chi connectivity index (χ0v) is 15.3. The molecule has 1 amide bonds. The van der Waals surface area contributed by atoms with Crippen LogP contribution < -0.4 is 5.32 Å². The fraction of sp³-hybridized carbons (Fsp3) is 0.167. The first-order chi connectivity index (χ1) is 12.0. The highest BCUT2D eigenvalue weighted by Gasteiger charge is 2.21. The van der Waals surface area contributed by atoms with Crippen LogP contribution in [0.3, 0.4) is 0 Å². The number of aromatic nitrogens is 1. The molecular formula is C18H16N2O3S2. The van der Waals surface area contributed by atoms with Gasteiger partial charge in [-0.2, -0.15) is 0 Å². The average molecular weight is 372 g/mol. The van der Waals surface area contributed by atoms with Crippen molar-refractivity contribution in [3.63, 3.8) is 0 Å². The van der Waals surface area contributed by atoms with Gasteiger partial charge in [-0.1, -0.05) is 23.8 Å². The van der Waals surface area contributed by atoms with E-state index in [1.165, 1.54) is 18.3 Å². The number of aryl methyl sites for hydroxylation is 1. The van der Waals surface area contributed by atoms with Gasteiger partial charge < -0.3 is 10.1 Å². The fourth-order valence-corrected chi connectivity index (χ4v) is 3.64. The number of thiophene rings is 1. The first-order valence-corrected chi connectivity index (χ1v) is 9.37. The van der Waals surface area contributed by atoms with Crippen LogP contribution in [0.5, 0.6) is 0 Å². The minimum Gasteiger partial charge on any atom is -0.448 e. The molecule has 0 spiro atoms. The van der Waals surface area contributed by atoms with Crippen LogP contribution in [0.15, 0.2) is 47.2 Å². The van der Waals surface area contributed by atoms with Crippen LogP contribution >= 0.6 is 22.7 Å². The minimum atomic E-state index is -0.916. The number of carbonyl (C=O) groups excluding carboxylic acids is 2. The van der Waals surface area contributed by atoms with Gasteiger partial charge >= 0.3 is 5.97 Å². The Bertz CT molecular complexity index is 870. The predicted molar refractivity (Wildman–Crippen MR) is 100 cm³/mol. The quantitative estimate of drug-likeness (QED) is 0.676. The Hall–Kier alpha value is -2.51. The number of hydrogen-bond donors (Lipinski definition) is 1. The van der Waals surface area contributed by atoms with Crippen molar-refractivity contribution in [2.75, 3.05) is 5.32 Å². The van der Waals surface area contributed by atoms with E-state index < -0.39 is 12.1 Å². The first-order valence-electron chi connectivity index (χ1n) is 7.61. The molecule has 2 aromatic heterocycles. The van der Waals surface area contributed by atoms with Crippen molar-refractivity contribution in [1.82, 2.24) is 4.98 Å². The Morgan fingerprint density at radius 2 is 1.92 bits per heavy atom. The van der Waals surface area contributed by atoms with Crippen LogP contribution in [0.1, 0.15) is 23.0 Å². The van der Waals surface area contributed by atoms with E-state index in [-0.39, 0.29) is 11.6 Å². The number of esters is 1. The van der Waals surface area contributed by atoms with E-state index in [1.807, 2.05) is 36.6 Å². The number of amides is 1. The van der Waals surface area contributed by atoms with Gasteiger partial charge in [-0.25, -0.2) is 9.78 Å². The Morgan fingerprint density at radius 1 is 1.16 bits per heavy atom. The average Bonchev–Trinajstić information content (AvgIpc) is 3.28. The van der Waals surface area contributed by atoms with Crippen molar-refractivity contribution >= 4 is 40.2 Å². The molecule has 3 rings (SSSR count). The highest BCUT2D eigenvalue weighted by molar-refractivity contribution is 7.20. The molecule has 0 fully saturated rings. The highest BCUT2D eigenvalue weighted by atomic mass is 32.1. The monoisotopic (exact) mass is 372 g/mol. The molecule has 7 heteroatoms. The van der Waals surface area contributed by atoms with E-state index in [2.05, 4.69) is 10.3 Å². The van der Waals surface area contributed by atoms with E-state index in [0.29, 0.717) is 5.69 Å². The van der Waals surface area contributed by atoms with Crippen LogP contribution in [-0.4, -0.2) is 23.0 Å². The zero-order chi connectivity index (χ0) is 17.8. The van der Waals surface area contributed by atoms with Gasteiger partial charge in [0, 0.05) is 11.1 Å². The third-order valence-corrected chi connectivity index (χ3v) is 5.30. The van der Waals surface area contributed by atoms with Gasteiger partial charge in [-0.3, -0.25) is 4.79 Å². The van der Waals surface area contributed by atoms with E-state index in [1.54, 1.807) is 28.8 Å². The van der Waals surface area contributed by atoms with Crippen molar-refractivity contribution in [2.24, 2.45) is 0 Å². The SMILES string of the molecule is Cc1ccc(NC(=O)[C@@H](C)OC(=O)c2csc(-c3cccs3)n2)cc1. The lowest BCUT2D eigenvalue weighted by Crippen LogP contribution is -2.30. The summed E-state index contributed by atoms with van der Waals surface area (Å²) in [5.41, 5.74) is 1.97. The molecule has 0 aliphatic heterocycles. The second kappa shape index (κ2) is 7.58. The summed E-state index contributed by atoms with van der Waals surface area (Å²) in [5.74, 6) is -0.989. The van der Waals surface area contributed by atoms with Crippen molar-refractivity contribution in [2.45, 2.75) is 20.0 Å². The topological polar surface area (TPSA) is 68.3 Å². The first kappa shape index (κ1) is 17.3. The van der Waals surface area contributed by atoms with Crippen LogP contribution in [-0.2, 0) is 9.53 Å². The number of anilines is 1. The molecule has 128 valence electrons. The normalized spacial score (nSPS) is 11.8.